The maximum absolute atomic E-state index is 12.6. The number of carboxylic acids is 1. The van der Waals surface area contributed by atoms with E-state index >= 15 is 0 Å². The molecule has 0 aliphatic heterocycles. The second-order valence-corrected chi connectivity index (χ2v) is 8.83. The highest BCUT2D eigenvalue weighted by atomic mass is 16.6. The molecule has 2 N–H and O–H groups in total. The zero-order valence-corrected chi connectivity index (χ0v) is 18.1. The minimum atomic E-state index is -1.63. The number of hydrogen-bond donors (Lipinski definition) is 2. The van der Waals surface area contributed by atoms with Gasteiger partial charge in [0.15, 0.2) is 5.54 Å². The molecule has 0 radical (unpaired) electrons. The third-order valence-corrected chi connectivity index (χ3v) is 5.49. The summed E-state index contributed by atoms with van der Waals surface area (Å²) in [6, 6.07) is 16.1. The highest BCUT2D eigenvalue weighted by Crippen LogP contribution is 2.44. The van der Waals surface area contributed by atoms with Gasteiger partial charge in [-0.1, -0.05) is 48.5 Å². The normalized spacial score (nSPS) is 16.2. The van der Waals surface area contributed by atoms with Crippen molar-refractivity contribution >= 4 is 12.1 Å². The SMILES string of the molecule is C[C@H](OC(C)(C)C)[C@](C)(NC(=O)OCC1c2ccccc2-c2ccccc21)C(=O)O. The number of rotatable bonds is 6. The standard InChI is InChI=1S/C24H29NO5/c1-15(30-23(2,3)4)24(5,21(26)27)25-22(28)29-14-20-18-12-8-6-10-16(18)17-11-7-9-13-19(17)20/h6-13,15,20H,14H2,1-5H3,(H,25,28)(H,26,27)/t15-,24-/m0/s1. The molecule has 1 aliphatic rings. The molecule has 0 bridgehead atoms. The Balaban J connectivity index is 1.73. The summed E-state index contributed by atoms with van der Waals surface area (Å²) in [7, 11) is 0. The van der Waals surface area contributed by atoms with Crippen LogP contribution in [0.3, 0.4) is 0 Å². The average Bonchev–Trinajstić information content (AvgIpc) is 2.98. The van der Waals surface area contributed by atoms with Crippen molar-refractivity contribution in [2.45, 2.75) is 57.8 Å². The van der Waals surface area contributed by atoms with Crippen LogP contribution < -0.4 is 5.32 Å². The highest BCUT2D eigenvalue weighted by Gasteiger charge is 2.43. The zero-order valence-electron chi connectivity index (χ0n) is 18.1. The Kier molecular flexibility index (Phi) is 5.90. The van der Waals surface area contributed by atoms with Crippen LogP contribution in [0.25, 0.3) is 11.1 Å². The Morgan fingerprint density at radius 3 is 1.97 bits per heavy atom. The molecule has 2 aromatic rings. The first kappa shape index (κ1) is 21.8. The molecule has 6 nitrogen and oxygen atoms in total. The van der Waals surface area contributed by atoms with Crippen LogP contribution in [0.1, 0.15) is 51.7 Å². The van der Waals surface area contributed by atoms with Crippen LogP contribution in [0, 0.1) is 0 Å². The third kappa shape index (κ3) is 4.33. The summed E-state index contributed by atoms with van der Waals surface area (Å²) in [5, 5.41) is 12.2. The number of nitrogens with one attached hydrogen (secondary N) is 1. The summed E-state index contributed by atoms with van der Waals surface area (Å²) in [5.74, 6) is -1.28. The summed E-state index contributed by atoms with van der Waals surface area (Å²) in [4.78, 5) is 24.5. The fraction of sp³-hybridized carbons (Fsp3) is 0.417. The van der Waals surface area contributed by atoms with Gasteiger partial charge in [0.2, 0.25) is 0 Å². The molecule has 2 atom stereocenters. The zero-order chi connectivity index (χ0) is 22.1. The van der Waals surface area contributed by atoms with E-state index in [4.69, 9.17) is 9.47 Å². The van der Waals surface area contributed by atoms with Crippen LogP contribution in [0.15, 0.2) is 48.5 Å². The van der Waals surface area contributed by atoms with E-state index < -0.39 is 29.3 Å². The number of carboxylic acid groups (broad SMARTS) is 1. The number of fused-ring (bicyclic) bond motifs is 3. The third-order valence-electron chi connectivity index (χ3n) is 5.49. The predicted octanol–water partition coefficient (Wildman–Crippen LogP) is 4.57. The Bertz CT molecular complexity index is 903. The average molecular weight is 411 g/mol. The van der Waals surface area contributed by atoms with Crippen molar-refractivity contribution in [2.24, 2.45) is 0 Å². The summed E-state index contributed by atoms with van der Waals surface area (Å²) in [6.45, 7) is 8.66. The molecule has 160 valence electrons. The number of carbonyl (C=O) groups excluding carboxylic acids is 1. The number of ether oxygens (including phenoxy) is 2. The van der Waals surface area contributed by atoms with Gasteiger partial charge >= 0.3 is 12.1 Å². The monoisotopic (exact) mass is 411 g/mol. The summed E-state index contributed by atoms with van der Waals surface area (Å²) < 4.78 is 11.3. The van der Waals surface area contributed by atoms with Crippen molar-refractivity contribution in [3.05, 3.63) is 59.7 Å². The quantitative estimate of drug-likeness (QED) is 0.727. The van der Waals surface area contributed by atoms with Gasteiger partial charge in [0.05, 0.1) is 11.7 Å². The van der Waals surface area contributed by atoms with Gasteiger partial charge in [0.1, 0.15) is 6.61 Å². The summed E-state index contributed by atoms with van der Waals surface area (Å²) in [6.07, 6.45) is -1.55. The van der Waals surface area contributed by atoms with Crippen molar-refractivity contribution in [3.63, 3.8) is 0 Å². The topological polar surface area (TPSA) is 84.9 Å². The summed E-state index contributed by atoms with van der Waals surface area (Å²) in [5.41, 5.74) is 2.26. The van der Waals surface area contributed by atoms with Gasteiger partial charge in [-0.2, -0.15) is 0 Å². The van der Waals surface area contributed by atoms with E-state index in [2.05, 4.69) is 17.4 Å². The van der Waals surface area contributed by atoms with E-state index in [9.17, 15) is 14.7 Å². The molecule has 30 heavy (non-hydrogen) atoms. The van der Waals surface area contributed by atoms with Gasteiger partial charge < -0.3 is 19.9 Å². The maximum atomic E-state index is 12.6. The minimum Gasteiger partial charge on any atom is -0.479 e. The number of hydrogen-bond acceptors (Lipinski definition) is 4. The molecule has 0 aromatic heterocycles. The molecule has 6 heteroatoms. The molecular weight excluding hydrogens is 382 g/mol. The Morgan fingerprint density at radius 2 is 1.50 bits per heavy atom. The lowest BCUT2D eigenvalue weighted by Gasteiger charge is -2.36. The van der Waals surface area contributed by atoms with E-state index in [1.807, 2.05) is 57.2 Å². The van der Waals surface area contributed by atoms with E-state index in [0.717, 1.165) is 22.3 Å². The van der Waals surface area contributed by atoms with Gasteiger partial charge in [-0.15, -0.1) is 0 Å². The first-order chi connectivity index (χ1) is 14.0. The predicted molar refractivity (Wildman–Crippen MR) is 115 cm³/mol. The minimum absolute atomic E-state index is 0.0949. The fourth-order valence-electron chi connectivity index (χ4n) is 3.82. The molecule has 0 fully saturated rings. The van der Waals surface area contributed by atoms with E-state index in [1.165, 1.54) is 6.92 Å². The lowest BCUT2D eigenvalue weighted by Crippen LogP contribution is -2.61. The van der Waals surface area contributed by atoms with E-state index in [-0.39, 0.29) is 12.5 Å². The van der Waals surface area contributed by atoms with Gasteiger partial charge in [0.25, 0.3) is 0 Å². The highest BCUT2D eigenvalue weighted by molar-refractivity contribution is 5.85. The van der Waals surface area contributed by atoms with E-state index in [0.29, 0.717) is 0 Å². The van der Waals surface area contributed by atoms with Crippen LogP contribution >= 0.6 is 0 Å². The molecule has 3 rings (SSSR count). The van der Waals surface area contributed by atoms with Gasteiger partial charge in [0, 0.05) is 5.92 Å². The first-order valence-corrected chi connectivity index (χ1v) is 10.1. The van der Waals surface area contributed by atoms with Gasteiger partial charge in [-0.25, -0.2) is 9.59 Å². The number of amides is 1. The maximum Gasteiger partial charge on any atom is 0.408 e. The molecule has 1 amide bonds. The van der Waals surface area contributed by atoms with Crippen molar-refractivity contribution in [1.82, 2.24) is 5.32 Å². The fourth-order valence-corrected chi connectivity index (χ4v) is 3.82. The largest absolute Gasteiger partial charge is 0.479 e. The Labute approximate surface area is 177 Å². The number of carbonyl (C=O) groups is 2. The lowest BCUT2D eigenvalue weighted by molar-refractivity contribution is -0.156. The number of alkyl carbamates (subject to hydrolysis) is 1. The van der Waals surface area contributed by atoms with Crippen LogP contribution in [-0.2, 0) is 14.3 Å². The molecule has 0 saturated heterocycles. The number of benzene rings is 2. The number of aliphatic carboxylic acids is 1. The van der Waals surface area contributed by atoms with Crippen LogP contribution in [-0.4, -0.2) is 41.0 Å². The smallest absolute Gasteiger partial charge is 0.408 e. The lowest BCUT2D eigenvalue weighted by atomic mass is 9.95. The molecular formula is C24H29NO5. The second kappa shape index (κ2) is 8.11. The molecule has 0 saturated carbocycles. The Morgan fingerprint density at radius 1 is 1.00 bits per heavy atom. The molecule has 0 spiro atoms. The van der Waals surface area contributed by atoms with Crippen molar-refractivity contribution in [2.75, 3.05) is 6.61 Å². The van der Waals surface area contributed by atoms with E-state index in [1.54, 1.807) is 6.92 Å². The van der Waals surface area contributed by atoms with Crippen LogP contribution in [0.4, 0.5) is 4.79 Å². The van der Waals surface area contributed by atoms with Crippen molar-refractivity contribution in [1.29, 1.82) is 0 Å². The molecule has 2 aromatic carbocycles. The second-order valence-electron chi connectivity index (χ2n) is 8.83. The summed E-state index contributed by atoms with van der Waals surface area (Å²) >= 11 is 0. The molecule has 0 heterocycles. The molecule has 0 unspecified atom stereocenters. The van der Waals surface area contributed by atoms with Crippen molar-refractivity contribution < 1.29 is 24.2 Å². The van der Waals surface area contributed by atoms with Crippen molar-refractivity contribution in [3.8, 4) is 11.1 Å². The first-order valence-electron chi connectivity index (χ1n) is 10.1. The van der Waals surface area contributed by atoms with Crippen LogP contribution in [0.5, 0.6) is 0 Å². The Hall–Kier alpha value is -2.86. The van der Waals surface area contributed by atoms with Gasteiger partial charge in [-0.05, 0) is 56.9 Å². The van der Waals surface area contributed by atoms with Gasteiger partial charge in [-0.3, -0.25) is 0 Å². The molecule has 1 aliphatic carbocycles. The van der Waals surface area contributed by atoms with Crippen LogP contribution in [0.2, 0.25) is 0 Å².